The number of carbonyl (C=O) groups excluding carboxylic acids is 1. The average molecular weight is 350 g/mol. The number of ether oxygens (including phenoxy) is 1. The van der Waals surface area contributed by atoms with Gasteiger partial charge in [0.15, 0.2) is 0 Å². The van der Waals surface area contributed by atoms with Crippen LogP contribution in [0.15, 0.2) is 6.33 Å². The third-order valence-corrected chi connectivity index (χ3v) is 5.36. The maximum atomic E-state index is 12.4. The molecule has 0 spiro atoms. The lowest BCUT2D eigenvalue weighted by Crippen LogP contribution is -2.47. The maximum absolute atomic E-state index is 12.4. The maximum Gasteiger partial charge on any atom is 0.317 e. The predicted molar refractivity (Wildman–Crippen MR) is 94.4 cm³/mol. The van der Waals surface area contributed by atoms with Gasteiger partial charge in [-0.05, 0) is 38.1 Å². The minimum Gasteiger partial charge on any atom is -0.383 e. The average Bonchev–Trinajstić information content (AvgIpc) is 3.20. The van der Waals surface area contributed by atoms with Crippen molar-refractivity contribution in [2.75, 3.05) is 53.0 Å². The van der Waals surface area contributed by atoms with Gasteiger partial charge in [-0.15, -0.1) is 0 Å². The van der Waals surface area contributed by atoms with Gasteiger partial charge in [-0.1, -0.05) is 0 Å². The van der Waals surface area contributed by atoms with Crippen LogP contribution in [0.2, 0.25) is 0 Å². The van der Waals surface area contributed by atoms with E-state index in [2.05, 4.69) is 25.4 Å². The van der Waals surface area contributed by atoms with E-state index in [0.717, 1.165) is 64.5 Å². The highest BCUT2D eigenvalue weighted by atomic mass is 16.5. The van der Waals surface area contributed by atoms with Gasteiger partial charge in [-0.3, -0.25) is 5.10 Å². The largest absolute Gasteiger partial charge is 0.383 e. The van der Waals surface area contributed by atoms with E-state index in [4.69, 9.17) is 4.74 Å². The van der Waals surface area contributed by atoms with E-state index in [9.17, 15) is 4.79 Å². The van der Waals surface area contributed by atoms with Crippen molar-refractivity contribution in [3.63, 3.8) is 0 Å². The molecule has 0 radical (unpaired) electrons. The number of nitrogens with one attached hydrogen (secondary N) is 2. The van der Waals surface area contributed by atoms with Crippen LogP contribution >= 0.6 is 0 Å². The monoisotopic (exact) mass is 350 g/mol. The number of carbonyl (C=O) groups is 1. The van der Waals surface area contributed by atoms with E-state index in [1.807, 2.05) is 4.90 Å². The van der Waals surface area contributed by atoms with Crippen molar-refractivity contribution >= 4 is 6.03 Å². The SMILES string of the molecule is COCCN1CCCC(CNC(=O)N2CCC(c3ncn[nH]3)CC2)C1. The number of hydrogen-bond acceptors (Lipinski definition) is 5. The molecular weight excluding hydrogens is 320 g/mol. The topological polar surface area (TPSA) is 86.4 Å². The molecule has 2 aliphatic rings. The van der Waals surface area contributed by atoms with Crippen LogP contribution in [-0.4, -0.2) is 84.0 Å². The molecule has 25 heavy (non-hydrogen) atoms. The van der Waals surface area contributed by atoms with E-state index >= 15 is 0 Å². The molecule has 2 fully saturated rings. The van der Waals surface area contributed by atoms with Gasteiger partial charge in [0, 0.05) is 45.8 Å². The summed E-state index contributed by atoms with van der Waals surface area (Å²) < 4.78 is 5.16. The molecule has 8 nitrogen and oxygen atoms in total. The Morgan fingerprint density at radius 3 is 2.92 bits per heavy atom. The van der Waals surface area contributed by atoms with Crippen molar-refractivity contribution in [2.45, 2.75) is 31.6 Å². The molecule has 0 aromatic carbocycles. The van der Waals surface area contributed by atoms with Crippen LogP contribution in [-0.2, 0) is 4.74 Å². The van der Waals surface area contributed by atoms with Crippen LogP contribution in [0.5, 0.6) is 0 Å². The van der Waals surface area contributed by atoms with Crippen molar-refractivity contribution in [3.8, 4) is 0 Å². The third-order valence-electron chi connectivity index (χ3n) is 5.36. The summed E-state index contributed by atoms with van der Waals surface area (Å²) in [5.74, 6) is 1.87. The Morgan fingerprint density at radius 1 is 1.36 bits per heavy atom. The summed E-state index contributed by atoms with van der Waals surface area (Å²) in [6.45, 7) is 6.28. The second kappa shape index (κ2) is 9.15. The zero-order valence-corrected chi connectivity index (χ0v) is 15.1. The first-order valence-corrected chi connectivity index (χ1v) is 9.35. The van der Waals surface area contributed by atoms with Gasteiger partial charge in [-0.25, -0.2) is 9.78 Å². The predicted octanol–water partition coefficient (Wildman–Crippen LogP) is 1.05. The Morgan fingerprint density at radius 2 is 2.20 bits per heavy atom. The number of amides is 2. The molecule has 1 unspecified atom stereocenters. The number of H-pyrrole nitrogens is 1. The van der Waals surface area contributed by atoms with E-state index in [-0.39, 0.29) is 6.03 Å². The number of likely N-dealkylation sites (tertiary alicyclic amines) is 2. The summed E-state index contributed by atoms with van der Waals surface area (Å²) in [6.07, 6.45) is 5.83. The number of aromatic amines is 1. The fraction of sp³-hybridized carbons (Fsp3) is 0.824. The van der Waals surface area contributed by atoms with Crippen LogP contribution in [0.25, 0.3) is 0 Å². The zero-order chi connectivity index (χ0) is 17.5. The van der Waals surface area contributed by atoms with Crippen LogP contribution in [0.4, 0.5) is 4.79 Å². The van der Waals surface area contributed by atoms with Crippen LogP contribution in [0, 0.1) is 5.92 Å². The summed E-state index contributed by atoms with van der Waals surface area (Å²) in [7, 11) is 1.74. The Hall–Kier alpha value is -1.67. The van der Waals surface area contributed by atoms with Crippen LogP contribution < -0.4 is 5.32 Å². The van der Waals surface area contributed by atoms with Gasteiger partial charge >= 0.3 is 6.03 Å². The number of rotatable bonds is 6. The first-order valence-electron chi connectivity index (χ1n) is 9.35. The van der Waals surface area contributed by atoms with Crippen molar-refractivity contribution in [1.82, 2.24) is 30.3 Å². The summed E-state index contributed by atoms with van der Waals surface area (Å²) in [6, 6.07) is 0.0741. The van der Waals surface area contributed by atoms with Crippen molar-refractivity contribution in [1.29, 1.82) is 0 Å². The van der Waals surface area contributed by atoms with Gasteiger partial charge in [0.2, 0.25) is 0 Å². The first kappa shape index (κ1) is 18.1. The Bertz CT molecular complexity index is 515. The second-order valence-electron chi connectivity index (χ2n) is 7.12. The first-order chi connectivity index (χ1) is 12.3. The number of nitrogens with zero attached hydrogens (tertiary/aromatic N) is 4. The molecule has 3 heterocycles. The van der Waals surface area contributed by atoms with Gasteiger partial charge in [-0.2, -0.15) is 5.10 Å². The molecule has 1 aromatic rings. The molecule has 2 aliphatic heterocycles. The number of methoxy groups -OCH3 is 1. The number of hydrogen-bond donors (Lipinski definition) is 2. The molecule has 0 bridgehead atoms. The molecule has 2 N–H and O–H groups in total. The van der Waals surface area contributed by atoms with Gasteiger partial charge in [0.05, 0.1) is 6.61 Å². The van der Waals surface area contributed by atoms with E-state index < -0.39 is 0 Å². The summed E-state index contributed by atoms with van der Waals surface area (Å²) in [4.78, 5) is 21.0. The lowest BCUT2D eigenvalue weighted by atomic mass is 9.96. The Balaban J connectivity index is 1.37. The molecule has 0 saturated carbocycles. The van der Waals surface area contributed by atoms with Crippen LogP contribution in [0.3, 0.4) is 0 Å². The normalized spacial score (nSPS) is 22.9. The Kier molecular flexibility index (Phi) is 6.63. The zero-order valence-electron chi connectivity index (χ0n) is 15.1. The molecule has 140 valence electrons. The fourth-order valence-electron chi connectivity index (χ4n) is 3.85. The van der Waals surface area contributed by atoms with Crippen molar-refractivity contribution in [2.24, 2.45) is 5.92 Å². The summed E-state index contributed by atoms with van der Waals surface area (Å²) in [5, 5.41) is 10.0. The van der Waals surface area contributed by atoms with Gasteiger partial charge in [0.1, 0.15) is 12.2 Å². The highest BCUT2D eigenvalue weighted by molar-refractivity contribution is 5.74. The molecule has 2 saturated heterocycles. The molecule has 1 atom stereocenters. The molecule has 3 rings (SSSR count). The second-order valence-corrected chi connectivity index (χ2v) is 7.12. The minimum atomic E-state index is 0.0741. The lowest BCUT2D eigenvalue weighted by Gasteiger charge is -2.34. The lowest BCUT2D eigenvalue weighted by molar-refractivity contribution is 0.113. The van der Waals surface area contributed by atoms with E-state index in [1.54, 1.807) is 13.4 Å². The molecule has 2 amide bonds. The smallest absolute Gasteiger partial charge is 0.317 e. The number of urea groups is 1. The third kappa shape index (κ3) is 5.15. The van der Waals surface area contributed by atoms with E-state index in [0.29, 0.717) is 11.8 Å². The van der Waals surface area contributed by atoms with Gasteiger partial charge < -0.3 is 19.9 Å². The minimum absolute atomic E-state index is 0.0741. The quantitative estimate of drug-likeness (QED) is 0.801. The number of piperidine rings is 2. The summed E-state index contributed by atoms with van der Waals surface area (Å²) in [5.41, 5.74) is 0. The highest BCUT2D eigenvalue weighted by Gasteiger charge is 2.26. The molecule has 8 heteroatoms. The molecule has 1 aromatic heterocycles. The standard InChI is InChI=1S/C17H30N6O2/c1-25-10-9-22-6-2-3-14(12-22)11-18-17(24)23-7-4-15(5-8-23)16-19-13-20-21-16/h13-15H,2-12H2,1H3,(H,18,24)(H,19,20,21). The molecular formula is C17H30N6O2. The van der Waals surface area contributed by atoms with Gasteiger partial charge in [0.25, 0.3) is 0 Å². The van der Waals surface area contributed by atoms with Crippen LogP contribution in [0.1, 0.15) is 37.4 Å². The molecule has 0 aliphatic carbocycles. The highest BCUT2D eigenvalue weighted by Crippen LogP contribution is 2.25. The van der Waals surface area contributed by atoms with Crippen molar-refractivity contribution < 1.29 is 9.53 Å². The fourth-order valence-corrected chi connectivity index (χ4v) is 3.85. The Labute approximate surface area is 149 Å². The number of aromatic nitrogens is 3. The van der Waals surface area contributed by atoms with Crippen molar-refractivity contribution in [3.05, 3.63) is 12.2 Å². The van der Waals surface area contributed by atoms with E-state index in [1.165, 1.54) is 12.8 Å². The summed E-state index contributed by atoms with van der Waals surface area (Å²) >= 11 is 0.